The highest BCUT2D eigenvalue weighted by atomic mass is 28.3. The number of ether oxygens (including phenoxy) is 2. The maximum atomic E-state index is 9.86. The molecule has 2 heterocycles. The Balaban J connectivity index is 1.54. The van der Waals surface area contributed by atoms with E-state index >= 15 is 0 Å². The van der Waals surface area contributed by atoms with Crippen LogP contribution < -0.4 is 5.73 Å². The summed E-state index contributed by atoms with van der Waals surface area (Å²) in [5.41, 5.74) is 12.5. The molecule has 0 saturated heterocycles. The maximum Gasteiger partial charge on any atom is 0.163 e. The molecule has 210 valence electrons. The first-order chi connectivity index (χ1) is 18.3. The molecule has 39 heavy (non-hydrogen) atoms. The summed E-state index contributed by atoms with van der Waals surface area (Å²) >= 11 is 0. The van der Waals surface area contributed by atoms with Gasteiger partial charge >= 0.3 is 0 Å². The molecular weight excluding hydrogens is 521 g/mol. The summed E-state index contributed by atoms with van der Waals surface area (Å²) in [5, 5.41) is 15.0. The molecule has 1 saturated carbocycles. The zero-order valence-corrected chi connectivity index (χ0v) is 26.7. The fraction of sp³-hybridized carbons (Fsp3) is 0.621. The van der Waals surface area contributed by atoms with E-state index in [1.54, 1.807) is 6.07 Å². The number of nitrogens with two attached hydrogens (primary N) is 1. The summed E-state index contributed by atoms with van der Waals surface area (Å²) in [6.07, 6.45) is 3.27. The van der Waals surface area contributed by atoms with Crippen molar-refractivity contribution in [2.45, 2.75) is 91.0 Å². The number of nitriles is 1. The van der Waals surface area contributed by atoms with Gasteiger partial charge in [0.05, 0.1) is 11.1 Å². The first-order valence-electron chi connectivity index (χ1n) is 14.2. The molecule has 0 amide bonds. The van der Waals surface area contributed by atoms with E-state index in [1.165, 1.54) is 17.7 Å². The summed E-state index contributed by atoms with van der Waals surface area (Å²) < 4.78 is 16.5. The van der Waals surface area contributed by atoms with Crippen LogP contribution in [0, 0.1) is 22.7 Å². The van der Waals surface area contributed by atoms with E-state index in [-0.39, 0.29) is 0 Å². The molecule has 1 aromatic carbocycles. The predicted molar refractivity (Wildman–Crippen MR) is 162 cm³/mol. The van der Waals surface area contributed by atoms with Crippen molar-refractivity contribution in [2.75, 3.05) is 18.9 Å². The molecular formula is C29H44N6O2Si2. The molecule has 2 aromatic heterocycles. The van der Waals surface area contributed by atoms with E-state index in [0.29, 0.717) is 48.2 Å². The quantitative estimate of drug-likeness (QED) is 0.171. The van der Waals surface area contributed by atoms with Gasteiger partial charge in [-0.1, -0.05) is 46.2 Å². The monoisotopic (exact) mass is 564 g/mol. The van der Waals surface area contributed by atoms with Crippen LogP contribution >= 0.6 is 0 Å². The smallest absolute Gasteiger partial charge is 0.163 e. The highest BCUT2D eigenvalue weighted by molar-refractivity contribution is 6.76. The Bertz CT molecular complexity index is 1420. The van der Waals surface area contributed by atoms with Gasteiger partial charge in [0.1, 0.15) is 30.7 Å². The summed E-state index contributed by atoms with van der Waals surface area (Å²) in [7, 11) is -2.40. The lowest BCUT2D eigenvalue weighted by atomic mass is 9.87. The Morgan fingerprint density at radius 1 is 1.08 bits per heavy atom. The third-order valence-electron chi connectivity index (χ3n) is 8.36. The number of nitrogens with zero attached hydrogens (tertiary/aromatic N) is 5. The number of hydrogen-bond acceptors (Lipinski definition) is 6. The summed E-state index contributed by atoms with van der Waals surface area (Å²) in [4.78, 5) is 5.03. The van der Waals surface area contributed by atoms with Crippen molar-refractivity contribution >= 4 is 32.9 Å². The van der Waals surface area contributed by atoms with Crippen molar-refractivity contribution in [3.05, 3.63) is 29.0 Å². The molecule has 2 aliphatic carbocycles. The van der Waals surface area contributed by atoms with E-state index in [9.17, 15) is 5.26 Å². The van der Waals surface area contributed by atoms with Gasteiger partial charge in [0.2, 0.25) is 0 Å². The zero-order valence-electron chi connectivity index (χ0n) is 24.7. The van der Waals surface area contributed by atoms with E-state index in [4.69, 9.17) is 25.3 Å². The number of rotatable bonds is 11. The van der Waals surface area contributed by atoms with Gasteiger partial charge in [0.25, 0.3) is 0 Å². The first-order valence-corrected chi connectivity index (χ1v) is 21.6. The Labute approximate surface area is 234 Å². The van der Waals surface area contributed by atoms with Crippen molar-refractivity contribution in [3.8, 4) is 17.6 Å². The molecule has 2 aliphatic rings. The molecule has 2 N–H and O–H groups in total. The van der Waals surface area contributed by atoms with Crippen LogP contribution in [0.3, 0.4) is 0 Å². The Morgan fingerprint density at radius 2 is 1.74 bits per heavy atom. The second kappa shape index (κ2) is 10.2. The van der Waals surface area contributed by atoms with Crippen LogP contribution in [0.1, 0.15) is 30.2 Å². The van der Waals surface area contributed by atoms with Crippen molar-refractivity contribution in [1.29, 1.82) is 5.26 Å². The largest absolute Gasteiger partial charge is 0.399 e. The minimum atomic E-state index is -1.23. The summed E-state index contributed by atoms with van der Waals surface area (Å²) in [5.74, 6) is 1.44. The third kappa shape index (κ3) is 6.01. The van der Waals surface area contributed by atoms with Crippen molar-refractivity contribution in [2.24, 2.45) is 11.3 Å². The minimum Gasteiger partial charge on any atom is -0.399 e. The van der Waals surface area contributed by atoms with E-state index in [2.05, 4.69) is 61.5 Å². The molecule has 0 spiro atoms. The lowest BCUT2D eigenvalue weighted by Crippen LogP contribution is -2.23. The van der Waals surface area contributed by atoms with Crippen LogP contribution in [-0.4, -0.2) is 48.7 Å². The highest BCUT2D eigenvalue weighted by Crippen LogP contribution is 2.60. The van der Waals surface area contributed by atoms with Gasteiger partial charge in [0.15, 0.2) is 5.82 Å². The van der Waals surface area contributed by atoms with Gasteiger partial charge in [-0.2, -0.15) is 10.4 Å². The normalized spacial score (nSPS) is 20.6. The Morgan fingerprint density at radius 3 is 2.38 bits per heavy atom. The molecule has 10 heteroatoms. The van der Waals surface area contributed by atoms with Gasteiger partial charge in [-0.3, -0.25) is 4.57 Å². The van der Waals surface area contributed by atoms with Crippen LogP contribution in [0.5, 0.6) is 0 Å². The number of fused-ring (bicyclic) bond motifs is 3. The number of aromatic nitrogens is 4. The first kappa shape index (κ1) is 28.1. The van der Waals surface area contributed by atoms with Gasteiger partial charge in [-0.15, -0.1) is 0 Å². The second-order valence-electron chi connectivity index (χ2n) is 14.3. The number of imidazole rings is 1. The number of nitrogen functional groups attached to an aromatic ring is 1. The molecule has 0 unspecified atom stereocenters. The number of benzene rings is 1. The summed E-state index contributed by atoms with van der Waals surface area (Å²) in [6, 6.07) is 8.10. The fourth-order valence-electron chi connectivity index (χ4n) is 5.61. The molecule has 0 bridgehead atoms. The number of anilines is 1. The van der Waals surface area contributed by atoms with E-state index < -0.39 is 16.1 Å². The van der Waals surface area contributed by atoms with Crippen LogP contribution in [0.4, 0.5) is 5.69 Å². The van der Waals surface area contributed by atoms with Crippen molar-refractivity contribution in [1.82, 2.24) is 19.3 Å². The maximum absolute atomic E-state index is 9.86. The molecule has 0 aliphatic heterocycles. The zero-order chi connectivity index (χ0) is 28.2. The molecule has 8 nitrogen and oxygen atoms in total. The average Bonchev–Trinajstić information content (AvgIpc) is 3.19. The molecule has 3 aromatic rings. The van der Waals surface area contributed by atoms with Crippen molar-refractivity contribution < 1.29 is 9.47 Å². The summed E-state index contributed by atoms with van der Waals surface area (Å²) in [6.45, 7) is 18.8. The topological polar surface area (TPSA) is 104 Å². The second-order valence-corrected chi connectivity index (χ2v) is 25.6. The molecule has 0 radical (unpaired) electrons. The average molecular weight is 565 g/mol. The molecule has 1 fully saturated rings. The van der Waals surface area contributed by atoms with Crippen LogP contribution in [-0.2, 0) is 35.8 Å². The van der Waals surface area contributed by atoms with Gasteiger partial charge in [-0.25, -0.2) is 9.67 Å². The Kier molecular flexibility index (Phi) is 7.33. The van der Waals surface area contributed by atoms with Crippen molar-refractivity contribution in [3.63, 3.8) is 0 Å². The van der Waals surface area contributed by atoms with Gasteiger partial charge in [0, 0.05) is 46.3 Å². The highest BCUT2D eigenvalue weighted by Gasteiger charge is 2.54. The van der Waals surface area contributed by atoms with Crippen LogP contribution in [0.25, 0.3) is 22.6 Å². The minimum absolute atomic E-state index is 0.347. The predicted octanol–water partition coefficient (Wildman–Crippen LogP) is 6.10. The van der Waals surface area contributed by atoms with E-state index in [0.717, 1.165) is 48.6 Å². The van der Waals surface area contributed by atoms with Gasteiger partial charge < -0.3 is 15.2 Å². The standard InChI is InChI=1S/C29H44N6O2Si2/c1-29-15-21(29)13-23-25(16-29)35(19-37-9-11-39(5,6)7)33-27(23)28-32-26-20(17-30)12-22(31)14-24(26)34(28)18-36-8-10-38(2,3)4/h12,14,21H,8-11,13,15-16,18-19,31H2,1-7H3/t21-,29-/m1/s1. The van der Waals surface area contributed by atoms with E-state index in [1.807, 2.05) is 6.07 Å². The Hall–Kier alpha value is -2.46. The van der Waals surface area contributed by atoms with Gasteiger partial charge in [-0.05, 0) is 54.8 Å². The third-order valence-corrected chi connectivity index (χ3v) is 11.8. The fourth-order valence-corrected chi connectivity index (χ4v) is 7.12. The molecule has 5 rings (SSSR count). The molecule has 2 atom stereocenters. The lowest BCUT2D eigenvalue weighted by Gasteiger charge is -2.20. The van der Waals surface area contributed by atoms with Crippen LogP contribution in [0.15, 0.2) is 12.1 Å². The SMILES string of the molecule is C[C@@]12Cc3c(c(-c4nc5c(C#N)cc(N)cc5n4COCC[Si](C)(C)C)nn3COCC[Si](C)(C)C)C[C@@H]1C2. The lowest BCUT2D eigenvalue weighted by molar-refractivity contribution is 0.0756. The van der Waals surface area contributed by atoms with Crippen LogP contribution in [0.2, 0.25) is 51.4 Å². The number of hydrogen-bond donors (Lipinski definition) is 1.